The first-order chi connectivity index (χ1) is 9.81. The van der Waals surface area contributed by atoms with Gasteiger partial charge in [-0.2, -0.15) is 5.26 Å². The van der Waals surface area contributed by atoms with Crippen LogP contribution >= 0.6 is 0 Å². The molecule has 1 aromatic rings. The molecule has 1 aromatic carbocycles. The normalized spacial score (nSPS) is 16.8. The van der Waals surface area contributed by atoms with E-state index < -0.39 is 0 Å². The number of hydrogen-bond acceptors (Lipinski definition) is 3. The largest absolute Gasteiger partial charge is 0.494 e. The number of rotatable bonds is 6. The Kier molecular flexibility index (Phi) is 5.88. The van der Waals surface area contributed by atoms with Crippen molar-refractivity contribution in [2.45, 2.75) is 32.6 Å². The van der Waals surface area contributed by atoms with Crippen LogP contribution in [0.2, 0.25) is 0 Å². The maximum Gasteiger partial charge on any atom is 0.120 e. The van der Waals surface area contributed by atoms with Crippen LogP contribution in [0.1, 0.15) is 38.2 Å². The van der Waals surface area contributed by atoms with Crippen LogP contribution in [0.5, 0.6) is 5.75 Å². The van der Waals surface area contributed by atoms with Crippen molar-refractivity contribution in [3.63, 3.8) is 0 Å². The first-order valence-corrected chi connectivity index (χ1v) is 7.67. The highest BCUT2D eigenvalue weighted by molar-refractivity contribution is 5.36. The molecule has 0 unspecified atom stereocenters. The molecule has 0 bridgehead atoms. The second-order valence-corrected chi connectivity index (χ2v) is 5.53. The zero-order valence-electron chi connectivity index (χ0n) is 12.3. The summed E-state index contributed by atoms with van der Waals surface area (Å²) >= 11 is 0. The molecular weight excluding hydrogens is 248 g/mol. The molecular formula is C17H24N2O. The van der Waals surface area contributed by atoms with Crippen molar-refractivity contribution in [3.05, 3.63) is 29.8 Å². The van der Waals surface area contributed by atoms with Gasteiger partial charge in [-0.15, -0.1) is 0 Å². The molecule has 0 N–H and O–H groups in total. The summed E-state index contributed by atoms with van der Waals surface area (Å²) in [5.74, 6) is 1.74. The van der Waals surface area contributed by atoms with Gasteiger partial charge < -0.3 is 9.64 Å². The smallest absolute Gasteiger partial charge is 0.120 e. The first kappa shape index (κ1) is 14.9. The SMILES string of the molecule is CCC1CCN(CCCOc2cccc(C#N)c2)CC1. The van der Waals surface area contributed by atoms with Gasteiger partial charge >= 0.3 is 0 Å². The Hall–Kier alpha value is -1.53. The predicted molar refractivity (Wildman–Crippen MR) is 80.7 cm³/mol. The van der Waals surface area contributed by atoms with E-state index in [1.54, 1.807) is 12.1 Å². The average molecular weight is 272 g/mol. The number of benzene rings is 1. The van der Waals surface area contributed by atoms with Gasteiger partial charge in [0.25, 0.3) is 0 Å². The maximum atomic E-state index is 8.83. The van der Waals surface area contributed by atoms with Crippen LogP contribution in [0.4, 0.5) is 0 Å². The van der Waals surface area contributed by atoms with Crippen molar-refractivity contribution in [2.24, 2.45) is 5.92 Å². The monoisotopic (exact) mass is 272 g/mol. The number of nitriles is 1. The van der Waals surface area contributed by atoms with E-state index in [4.69, 9.17) is 10.00 Å². The van der Waals surface area contributed by atoms with Crippen LogP contribution in [-0.4, -0.2) is 31.1 Å². The number of piperidine rings is 1. The standard InChI is InChI=1S/C17H24N2O/c1-2-15-7-10-19(11-8-15)9-4-12-20-17-6-3-5-16(13-17)14-18/h3,5-6,13,15H,2,4,7-12H2,1H3. The third-order valence-corrected chi connectivity index (χ3v) is 4.14. The Morgan fingerprint density at radius 2 is 2.15 bits per heavy atom. The fourth-order valence-electron chi connectivity index (χ4n) is 2.75. The molecule has 1 heterocycles. The van der Waals surface area contributed by atoms with Crippen LogP contribution in [0.25, 0.3) is 0 Å². The summed E-state index contributed by atoms with van der Waals surface area (Å²) in [4.78, 5) is 2.54. The van der Waals surface area contributed by atoms with E-state index in [1.807, 2.05) is 12.1 Å². The molecule has 108 valence electrons. The Bertz CT molecular complexity index is 445. The minimum absolute atomic E-state index is 0.657. The molecule has 0 spiro atoms. The summed E-state index contributed by atoms with van der Waals surface area (Å²) in [6.07, 6.45) is 5.07. The third kappa shape index (κ3) is 4.54. The molecule has 1 aliphatic heterocycles. The Morgan fingerprint density at radius 1 is 1.35 bits per heavy atom. The molecule has 2 rings (SSSR count). The van der Waals surface area contributed by atoms with Crippen LogP contribution in [0.15, 0.2) is 24.3 Å². The Labute approximate surface area is 122 Å². The molecule has 1 fully saturated rings. The highest BCUT2D eigenvalue weighted by atomic mass is 16.5. The van der Waals surface area contributed by atoms with E-state index in [-0.39, 0.29) is 0 Å². The predicted octanol–water partition coefficient (Wildman–Crippen LogP) is 3.45. The summed E-state index contributed by atoms with van der Waals surface area (Å²) in [6, 6.07) is 9.50. The molecule has 1 saturated heterocycles. The van der Waals surface area contributed by atoms with Crippen molar-refractivity contribution in [2.75, 3.05) is 26.2 Å². The zero-order chi connectivity index (χ0) is 14.2. The minimum atomic E-state index is 0.657. The van der Waals surface area contributed by atoms with E-state index >= 15 is 0 Å². The van der Waals surface area contributed by atoms with Gasteiger partial charge in [0.15, 0.2) is 0 Å². The maximum absolute atomic E-state index is 8.83. The van der Waals surface area contributed by atoms with Gasteiger partial charge in [-0.25, -0.2) is 0 Å². The van der Waals surface area contributed by atoms with Gasteiger partial charge in [-0.3, -0.25) is 0 Å². The van der Waals surface area contributed by atoms with Gasteiger partial charge in [0.2, 0.25) is 0 Å². The van der Waals surface area contributed by atoms with Gasteiger partial charge in [0.05, 0.1) is 18.2 Å². The Balaban J connectivity index is 1.63. The van der Waals surface area contributed by atoms with Gasteiger partial charge in [-0.1, -0.05) is 19.4 Å². The number of likely N-dealkylation sites (tertiary alicyclic amines) is 1. The van der Waals surface area contributed by atoms with Crippen LogP contribution in [0.3, 0.4) is 0 Å². The molecule has 20 heavy (non-hydrogen) atoms. The fraction of sp³-hybridized carbons (Fsp3) is 0.588. The molecule has 0 amide bonds. The van der Waals surface area contributed by atoms with Crippen LogP contribution in [0, 0.1) is 17.2 Å². The van der Waals surface area contributed by atoms with E-state index in [2.05, 4.69) is 17.9 Å². The minimum Gasteiger partial charge on any atom is -0.494 e. The molecule has 0 saturated carbocycles. The van der Waals surface area contributed by atoms with E-state index in [0.29, 0.717) is 5.56 Å². The van der Waals surface area contributed by atoms with Gasteiger partial charge in [0, 0.05) is 6.54 Å². The van der Waals surface area contributed by atoms with Crippen molar-refractivity contribution < 1.29 is 4.74 Å². The van der Waals surface area contributed by atoms with Crippen molar-refractivity contribution in [1.29, 1.82) is 5.26 Å². The van der Waals surface area contributed by atoms with E-state index in [9.17, 15) is 0 Å². The van der Waals surface area contributed by atoms with E-state index in [0.717, 1.165) is 31.2 Å². The second-order valence-electron chi connectivity index (χ2n) is 5.53. The topological polar surface area (TPSA) is 36.3 Å². The first-order valence-electron chi connectivity index (χ1n) is 7.67. The lowest BCUT2D eigenvalue weighted by Crippen LogP contribution is -2.34. The Morgan fingerprint density at radius 3 is 2.85 bits per heavy atom. The van der Waals surface area contributed by atoms with Crippen LogP contribution < -0.4 is 4.74 Å². The lowest BCUT2D eigenvalue weighted by atomic mass is 9.94. The fourth-order valence-corrected chi connectivity index (χ4v) is 2.75. The highest BCUT2D eigenvalue weighted by Crippen LogP contribution is 2.20. The quantitative estimate of drug-likeness (QED) is 0.744. The number of ether oxygens (including phenoxy) is 1. The number of hydrogen-bond donors (Lipinski definition) is 0. The third-order valence-electron chi connectivity index (χ3n) is 4.14. The van der Waals surface area contributed by atoms with Gasteiger partial charge in [0.1, 0.15) is 5.75 Å². The van der Waals surface area contributed by atoms with Gasteiger partial charge in [-0.05, 0) is 56.5 Å². The molecule has 0 aromatic heterocycles. The molecule has 3 heteroatoms. The molecule has 0 atom stereocenters. The summed E-state index contributed by atoms with van der Waals surface area (Å²) in [6.45, 7) is 6.62. The lowest BCUT2D eigenvalue weighted by Gasteiger charge is -2.31. The second kappa shape index (κ2) is 7.91. The average Bonchev–Trinajstić information content (AvgIpc) is 2.52. The highest BCUT2D eigenvalue weighted by Gasteiger charge is 2.16. The summed E-state index contributed by atoms with van der Waals surface area (Å²) in [5.41, 5.74) is 0.657. The molecule has 0 aliphatic carbocycles. The van der Waals surface area contributed by atoms with Crippen molar-refractivity contribution in [1.82, 2.24) is 4.90 Å². The molecule has 0 radical (unpaired) electrons. The lowest BCUT2D eigenvalue weighted by molar-refractivity contribution is 0.169. The molecule has 1 aliphatic rings. The van der Waals surface area contributed by atoms with Crippen molar-refractivity contribution in [3.8, 4) is 11.8 Å². The zero-order valence-corrected chi connectivity index (χ0v) is 12.3. The molecule has 3 nitrogen and oxygen atoms in total. The summed E-state index contributed by atoms with van der Waals surface area (Å²) in [7, 11) is 0. The van der Waals surface area contributed by atoms with E-state index in [1.165, 1.54) is 32.4 Å². The summed E-state index contributed by atoms with van der Waals surface area (Å²) in [5, 5.41) is 8.83. The van der Waals surface area contributed by atoms with Crippen molar-refractivity contribution >= 4 is 0 Å². The summed E-state index contributed by atoms with van der Waals surface area (Å²) < 4.78 is 5.70. The van der Waals surface area contributed by atoms with Crippen LogP contribution in [-0.2, 0) is 0 Å². The number of nitrogens with zero attached hydrogens (tertiary/aromatic N) is 2.